The molecule has 0 aromatic carbocycles. The molecule has 198 valence electrons. The summed E-state index contributed by atoms with van der Waals surface area (Å²) in [6.45, 7) is 1.77. The largest absolute Gasteiger partial charge is 0.494 e. The van der Waals surface area contributed by atoms with Gasteiger partial charge < -0.3 is 4.74 Å². The molecule has 9 nitrogen and oxygen atoms in total. The van der Waals surface area contributed by atoms with E-state index in [4.69, 9.17) is 4.74 Å². The predicted molar refractivity (Wildman–Crippen MR) is 137 cm³/mol. The first-order valence-corrected chi connectivity index (χ1v) is 12.4. The molecule has 2 atom stereocenters. The molecule has 1 fully saturated rings. The van der Waals surface area contributed by atoms with Crippen LogP contribution in [0.15, 0.2) is 47.7 Å². The molecule has 1 aliphatic carbocycles. The van der Waals surface area contributed by atoms with Crippen LogP contribution in [-0.2, 0) is 0 Å². The molecule has 1 amide bonds. The Hall–Kier alpha value is -4.57. The van der Waals surface area contributed by atoms with Gasteiger partial charge in [0.15, 0.2) is 5.82 Å². The number of methoxy groups -OCH3 is 1. The number of hydrogen-bond acceptors (Lipinski definition) is 8. The van der Waals surface area contributed by atoms with Crippen LogP contribution in [0.1, 0.15) is 46.7 Å². The van der Waals surface area contributed by atoms with Crippen molar-refractivity contribution in [3.8, 4) is 34.5 Å². The van der Waals surface area contributed by atoms with Crippen molar-refractivity contribution in [2.75, 3.05) is 12.4 Å². The van der Waals surface area contributed by atoms with E-state index in [0.29, 0.717) is 0 Å². The second kappa shape index (κ2) is 10.7. The van der Waals surface area contributed by atoms with Gasteiger partial charge in [-0.25, -0.2) is 18.2 Å². The van der Waals surface area contributed by atoms with Crippen LogP contribution < -0.4 is 15.6 Å². The third-order valence-corrected chi connectivity index (χ3v) is 6.97. The maximum Gasteiger partial charge on any atom is 0.292 e. The average Bonchev–Trinajstić information content (AvgIpc) is 3.55. The molecular formula is C26H19F3N6O3S. The van der Waals surface area contributed by atoms with Crippen LogP contribution in [0.4, 0.5) is 18.3 Å². The van der Waals surface area contributed by atoms with Crippen LogP contribution in [0.2, 0.25) is 0 Å². The lowest BCUT2D eigenvalue weighted by Gasteiger charge is -2.15. The SMILES string of the molecule is CC#C[C@H]1CC1c1nnc(NC(=O)c2cnc(-n3cccc(F)c3=O)cc2-c2cc(C(F)F)ncc2OC)s1. The van der Waals surface area contributed by atoms with E-state index >= 15 is 0 Å². The van der Waals surface area contributed by atoms with E-state index in [-0.39, 0.29) is 45.2 Å². The van der Waals surface area contributed by atoms with Gasteiger partial charge in [-0.2, -0.15) is 0 Å². The summed E-state index contributed by atoms with van der Waals surface area (Å²) in [5.41, 5.74) is -1.37. The fraction of sp³-hybridized carbons (Fsp3) is 0.231. The Morgan fingerprint density at radius 2 is 2.05 bits per heavy atom. The van der Waals surface area contributed by atoms with Gasteiger partial charge in [0.1, 0.15) is 22.3 Å². The monoisotopic (exact) mass is 552 g/mol. The molecule has 5 rings (SSSR count). The quantitative estimate of drug-likeness (QED) is 0.333. The molecule has 0 spiro atoms. The number of nitrogens with one attached hydrogen (secondary N) is 1. The smallest absolute Gasteiger partial charge is 0.292 e. The van der Waals surface area contributed by atoms with Crippen LogP contribution in [0, 0.1) is 23.6 Å². The van der Waals surface area contributed by atoms with E-state index in [1.54, 1.807) is 6.92 Å². The molecule has 39 heavy (non-hydrogen) atoms. The van der Waals surface area contributed by atoms with Crippen LogP contribution in [0.25, 0.3) is 16.9 Å². The van der Waals surface area contributed by atoms with Crippen molar-refractivity contribution in [3.63, 3.8) is 0 Å². The molecule has 0 bridgehead atoms. The predicted octanol–water partition coefficient (Wildman–Crippen LogP) is 4.61. The van der Waals surface area contributed by atoms with E-state index in [1.165, 1.54) is 36.8 Å². The Labute approximate surface area is 223 Å². The van der Waals surface area contributed by atoms with Gasteiger partial charge in [-0.3, -0.25) is 24.5 Å². The summed E-state index contributed by atoms with van der Waals surface area (Å²) in [6.07, 6.45) is 1.53. The standard InChI is InChI=1S/C26H19F3N6O3S/c1-3-5-13-8-14(13)24-33-34-26(39-24)32-23(36)17-11-31-21(35-7-4-6-18(27)25(35)37)10-15(17)16-9-19(22(28)29)30-12-20(16)38-2/h4,6-7,9-14,22H,8H2,1-2H3,(H,32,34,36)/t13-,14?/m0/s1. The van der Waals surface area contributed by atoms with E-state index in [2.05, 4.69) is 37.3 Å². The number of alkyl halides is 2. The Bertz CT molecular complexity index is 1690. The first-order chi connectivity index (χ1) is 18.8. The molecule has 1 N–H and O–H groups in total. The lowest BCUT2D eigenvalue weighted by atomic mass is 10.00. The van der Waals surface area contributed by atoms with Gasteiger partial charge in [0.05, 0.1) is 18.9 Å². The molecule has 4 heterocycles. The highest BCUT2D eigenvalue weighted by atomic mass is 32.1. The van der Waals surface area contributed by atoms with Gasteiger partial charge in [-0.1, -0.05) is 17.3 Å². The lowest BCUT2D eigenvalue weighted by molar-refractivity contribution is 0.102. The summed E-state index contributed by atoms with van der Waals surface area (Å²) >= 11 is 1.21. The van der Waals surface area contributed by atoms with Gasteiger partial charge in [-0.05, 0) is 37.6 Å². The van der Waals surface area contributed by atoms with Crippen LogP contribution >= 0.6 is 11.3 Å². The first-order valence-electron chi connectivity index (χ1n) is 11.6. The maximum absolute atomic E-state index is 14.0. The number of pyridine rings is 3. The van der Waals surface area contributed by atoms with Crippen molar-refractivity contribution in [3.05, 3.63) is 75.3 Å². The van der Waals surface area contributed by atoms with Crippen molar-refractivity contribution in [1.29, 1.82) is 0 Å². The number of amides is 1. The number of ether oxygens (including phenoxy) is 1. The zero-order valence-corrected chi connectivity index (χ0v) is 21.3. The number of nitrogens with zero attached hydrogens (tertiary/aromatic N) is 5. The second-order valence-electron chi connectivity index (χ2n) is 8.47. The van der Waals surface area contributed by atoms with Gasteiger partial charge >= 0.3 is 0 Å². The Morgan fingerprint density at radius 1 is 1.23 bits per heavy atom. The highest BCUT2D eigenvalue weighted by molar-refractivity contribution is 7.15. The van der Waals surface area contributed by atoms with Crippen LogP contribution in [0.5, 0.6) is 5.75 Å². The topological polar surface area (TPSA) is 112 Å². The summed E-state index contributed by atoms with van der Waals surface area (Å²) in [6, 6.07) is 4.70. The summed E-state index contributed by atoms with van der Waals surface area (Å²) in [5, 5.41) is 11.8. The molecule has 4 aromatic heterocycles. The number of halogens is 3. The number of carbonyl (C=O) groups excluding carboxylic acids is 1. The summed E-state index contributed by atoms with van der Waals surface area (Å²) in [5.74, 6) is 4.73. The molecule has 1 unspecified atom stereocenters. The van der Waals surface area contributed by atoms with Gasteiger partial charge in [0, 0.05) is 35.4 Å². The normalized spacial score (nSPS) is 15.9. The molecule has 0 aliphatic heterocycles. The Balaban J connectivity index is 1.57. The summed E-state index contributed by atoms with van der Waals surface area (Å²) in [7, 11) is 1.32. The number of rotatable bonds is 7. The van der Waals surface area contributed by atoms with Crippen molar-refractivity contribution < 1.29 is 22.7 Å². The van der Waals surface area contributed by atoms with Gasteiger partial charge in [0.2, 0.25) is 5.13 Å². The fourth-order valence-electron chi connectivity index (χ4n) is 3.99. The molecule has 0 saturated heterocycles. The molecule has 0 radical (unpaired) electrons. The molecule has 1 aliphatic rings. The Kier molecular flexibility index (Phi) is 7.12. The van der Waals surface area contributed by atoms with E-state index in [1.807, 2.05) is 0 Å². The number of anilines is 1. The van der Waals surface area contributed by atoms with E-state index in [9.17, 15) is 22.8 Å². The second-order valence-corrected chi connectivity index (χ2v) is 9.48. The average molecular weight is 553 g/mol. The fourth-order valence-corrected chi connectivity index (χ4v) is 4.91. The zero-order valence-electron chi connectivity index (χ0n) is 20.5. The summed E-state index contributed by atoms with van der Waals surface area (Å²) in [4.78, 5) is 33.6. The third-order valence-electron chi connectivity index (χ3n) is 6.00. The van der Waals surface area contributed by atoms with Crippen molar-refractivity contribution in [1.82, 2.24) is 24.7 Å². The maximum atomic E-state index is 14.0. The molecule has 4 aromatic rings. The zero-order chi connectivity index (χ0) is 27.7. The van der Waals surface area contributed by atoms with Crippen molar-refractivity contribution >= 4 is 22.4 Å². The minimum Gasteiger partial charge on any atom is -0.494 e. The number of carbonyl (C=O) groups is 1. The lowest BCUT2D eigenvalue weighted by Crippen LogP contribution is -2.22. The van der Waals surface area contributed by atoms with Crippen molar-refractivity contribution in [2.45, 2.75) is 25.7 Å². The van der Waals surface area contributed by atoms with Crippen LogP contribution in [0.3, 0.4) is 0 Å². The number of hydrogen-bond donors (Lipinski definition) is 1. The Morgan fingerprint density at radius 3 is 2.79 bits per heavy atom. The molecule has 1 saturated carbocycles. The molecule has 13 heteroatoms. The van der Waals surface area contributed by atoms with E-state index < -0.39 is 29.4 Å². The van der Waals surface area contributed by atoms with Gasteiger partial charge in [0.25, 0.3) is 17.9 Å². The highest BCUT2D eigenvalue weighted by Crippen LogP contribution is 2.48. The first kappa shape index (κ1) is 26.1. The van der Waals surface area contributed by atoms with Crippen LogP contribution in [-0.4, -0.2) is 37.7 Å². The molecular weight excluding hydrogens is 533 g/mol. The van der Waals surface area contributed by atoms with E-state index in [0.717, 1.165) is 40.5 Å². The summed E-state index contributed by atoms with van der Waals surface area (Å²) < 4.78 is 47.3. The van der Waals surface area contributed by atoms with Crippen molar-refractivity contribution in [2.24, 2.45) is 5.92 Å². The van der Waals surface area contributed by atoms with Gasteiger partial charge in [-0.15, -0.1) is 16.1 Å². The minimum absolute atomic E-state index is 0.0363. The minimum atomic E-state index is -2.90. The number of aromatic nitrogens is 5. The highest BCUT2D eigenvalue weighted by Gasteiger charge is 2.40. The third kappa shape index (κ3) is 5.23.